The molecule has 1 unspecified atom stereocenters. The normalized spacial score (nSPS) is 16.9. The van der Waals surface area contributed by atoms with Crippen LogP contribution in [0.25, 0.3) is 5.69 Å². The number of amides is 1. The molecule has 0 saturated heterocycles. The number of benzene rings is 2. The smallest absolute Gasteiger partial charge is 0.274 e. The predicted molar refractivity (Wildman–Crippen MR) is 109 cm³/mol. The van der Waals surface area contributed by atoms with Crippen molar-refractivity contribution in [2.45, 2.75) is 25.4 Å². The summed E-state index contributed by atoms with van der Waals surface area (Å²) in [6.07, 6.45) is 2.22. The zero-order chi connectivity index (χ0) is 20.7. The van der Waals surface area contributed by atoms with Gasteiger partial charge in [-0.2, -0.15) is 5.10 Å². The monoisotopic (exact) mass is 407 g/mol. The molecule has 0 spiro atoms. The van der Waals surface area contributed by atoms with E-state index in [1.807, 2.05) is 24.3 Å². The fraction of sp³-hybridized carbons (Fsp3) is 0.304. The van der Waals surface area contributed by atoms with E-state index in [4.69, 9.17) is 9.47 Å². The number of aromatic nitrogens is 2. The topological polar surface area (TPSA) is 56.6 Å². The molecule has 2 heterocycles. The van der Waals surface area contributed by atoms with Gasteiger partial charge in [0.25, 0.3) is 5.91 Å². The molecule has 30 heavy (non-hydrogen) atoms. The number of fused-ring (bicyclic) bond motifs is 2. The minimum Gasteiger partial charge on any atom is -0.486 e. The summed E-state index contributed by atoms with van der Waals surface area (Å²) in [4.78, 5) is 14.8. The molecular formula is C23H22FN3O3. The quantitative estimate of drug-likeness (QED) is 0.665. The molecule has 0 bridgehead atoms. The molecule has 5 rings (SSSR count). The summed E-state index contributed by atoms with van der Waals surface area (Å²) in [6, 6.07) is 14.0. The summed E-state index contributed by atoms with van der Waals surface area (Å²) in [7, 11) is 1.73. The van der Waals surface area contributed by atoms with Gasteiger partial charge in [-0.1, -0.05) is 24.3 Å². The first-order chi connectivity index (χ1) is 14.6. The maximum Gasteiger partial charge on any atom is 0.274 e. The maximum atomic E-state index is 14.4. The lowest BCUT2D eigenvalue weighted by molar-refractivity contribution is 0.0516. The molecule has 0 radical (unpaired) electrons. The lowest BCUT2D eigenvalue weighted by Gasteiger charge is -2.29. The molecule has 0 saturated carbocycles. The Morgan fingerprint density at radius 3 is 2.77 bits per heavy atom. The van der Waals surface area contributed by atoms with Crippen molar-refractivity contribution in [3.8, 4) is 17.2 Å². The second kappa shape index (κ2) is 7.48. The Labute approximate surface area is 173 Å². The molecular weight excluding hydrogens is 385 g/mol. The number of carbonyl (C=O) groups is 1. The molecule has 7 heteroatoms. The van der Waals surface area contributed by atoms with E-state index in [0.29, 0.717) is 36.0 Å². The van der Waals surface area contributed by atoms with Gasteiger partial charge in [0.2, 0.25) is 0 Å². The number of nitrogens with zero attached hydrogens (tertiary/aromatic N) is 3. The molecule has 1 aliphatic carbocycles. The van der Waals surface area contributed by atoms with E-state index in [9.17, 15) is 9.18 Å². The largest absolute Gasteiger partial charge is 0.486 e. The van der Waals surface area contributed by atoms with E-state index < -0.39 is 0 Å². The summed E-state index contributed by atoms with van der Waals surface area (Å²) < 4.78 is 27.7. The summed E-state index contributed by atoms with van der Waals surface area (Å²) in [5.41, 5.74) is 2.60. The van der Waals surface area contributed by atoms with Gasteiger partial charge in [0.1, 0.15) is 18.1 Å². The Balaban J connectivity index is 1.38. The molecule has 2 aliphatic rings. The predicted octanol–water partition coefficient (Wildman–Crippen LogP) is 3.41. The van der Waals surface area contributed by atoms with Gasteiger partial charge in [-0.05, 0) is 43.5 Å². The summed E-state index contributed by atoms with van der Waals surface area (Å²) in [5, 5.41) is 4.53. The Morgan fingerprint density at radius 2 is 1.93 bits per heavy atom. The summed E-state index contributed by atoms with van der Waals surface area (Å²) >= 11 is 0. The first-order valence-electron chi connectivity index (χ1n) is 10.1. The van der Waals surface area contributed by atoms with E-state index in [2.05, 4.69) is 5.10 Å². The van der Waals surface area contributed by atoms with Crippen molar-refractivity contribution in [2.24, 2.45) is 0 Å². The van der Waals surface area contributed by atoms with Gasteiger partial charge in [-0.15, -0.1) is 0 Å². The number of hydrogen-bond acceptors (Lipinski definition) is 4. The van der Waals surface area contributed by atoms with Gasteiger partial charge < -0.3 is 14.4 Å². The van der Waals surface area contributed by atoms with Crippen LogP contribution < -0.4 is 9.47 Å². The molecule has 0 N–H and O–H groups in total. The van der Waals surface area contributed by atoms with Crippen molar-refractivity contribution in [1.82, 2.24) is 14.7 Å². The van der Waals surface area contributed by atoms with Gasteiger partial charge in [-0.25, -0.2) is 9.07 Å². The maximum absolute atomic E-state index is 14.4. The van der Waals surface area contributed by atoms with Crippen LogP contribution >= 0.6 is 0 Å². The number of rotatable bonds is 4. The lowest BCUT2D eigenvalue weighted by Crippen LogP contribution is -2.42. The van der Waals surface area contributed by atoms with Gasteiger partial charge >= 0.3 is 0 Å². The average Bonchev–Trinajstić information content (AvgIpc) is 3.37. The minimum atomic E-state index is -0.353. The summed E-state index contributed by atoms with van der Waals surface area (Å²) in [5.74, 6) is 0.850. The second-order valence-corrected chi connectivity index (χ2v) is 7.67. The molecule has 1 amide bonds. The molecule has 1 atom stereocenters. The van der Waals surface area contributed by atoms with Crippen LogP contribution in [0.15, 0.2) is 48.5 Å². The van der Waals surface area contributed by atoms with Crippen LogP contribution in [0.5, 0.6) is 11.5 Å². The fourth-order valence-electron chi connectivity index (χ4n) is 4.15. The second-order valence-electron chi connectivity index (χ2n) is 7.67. The highest BCUT2D eigenvalue weighted by Gasteiger charge is 2.31. The van der Waals surface area contributed by atoms with Gasteiger partial charge in [0.15, 0.2) is 23.3 Å². The first-order valence-corrected chi connectivity index (χ1v) is 10.1. The van der Waals surface area contributed by atoms with Crippen molar-refractivity contribution >= 4 is 5.91 Å². The molecule has 3 aromatic rings. The molecule has 1 aliphatic heterocycles. The molecule has 6 nitrogen and oxygen atoms in total. The van der Waals surface area contributed by atoms with Crippen LogP contribution in [-0.4, -0.2) is 46.9 Å². The number of carbonyl (C=O) groups excluding carboxylic acids is 1. The molecule has 0 fully saturated rings. The third-order valence-electron chi connectivity index (χ3n) is 5.61. The highest BCUT2D eigenvalue weighted by Crippen LogP contribution is 2.32. The van der Waals surface area contributed by atoms with Gasteiger partial charge in [0, 0.05) is 18.3 Å². The number of likely N-dealkylation sites (N-methyl/N-ethyl adjacent to an activating group) is 1. The third kappa shape index (κ3) is 3.20. The van der Waals surface area contributed by atoms with Gasteiger partial charge in [0.05, 0.1) is 6.54 Å². The van der Waals surface area contributed by atoms with Crippen LogP contribution in [0, 0.1) is 5.82 Å². The van der Waals surface area contributed by atoms with Crippen LogP contribution in [0.2, 0.25) is 0 Å². The van der Waals surface area contributed by atoms with Crippen LogP contribution in [0.1, 0.15) is 28.2 Å². The number of ether oxygens (including phenoxy) is 2. The Hall–Kier alpha value is -3.35. The van der Waals surface area contributed by atoms with E-state index in [1.54, 1.807) is 34.8 Å². The number of halogens is 1. The molecule has 1 aromatic heterocycles. The number of para-hydroxylation sites is 3. The SMILES string of the molecule is CN(CC1COc2ccccc2O1)C(=O)c1nn(-c2ccccc2F)c2c1CCC2. The van der Waals surface area contributed by atoms with E-state index in [-0.39, 0.29) is 17.8 Å². The highest BCUT2D eigenvalue weighted by molar-refractivity contribution is 5.94. The van der Waals surface area contributed by atoms with Crippen LogP contribution in [-0.2, 0) is 12.8 Å². The van der Waals surface area contributed by atoms with Crippen LogP contribution in [0.4, 0.5) is 4.39 Å². The van der Waals surface area contributed by atoms with Crippen molar-refractivity contribution < 1.29 is 18.7 Å². The van der Waals surface area contributed by atoms with E-state index in [1.165, 1.54) is 6.07 Å². The minimum absolute atomic E-state index is 0.189. The summed E-state index contributed by atoms with van der Waals surface area (Å²) in [6.45, 7) is 0.741. The van der Waals surface area contributed by atoms with Crippen molar-refractivity contribution in [3.63, 3.8) is 0 Å². The van der Waals surface area contributed by atoms with Crippen LogP contribution in [0.3, 0.4) is 0 Å². The first kappa shape index (κ1) is 18.7. The zero-order valence-corrected chi connectivity index (χ0v) is 16.7. The van der Waals surface area contributed by atoms with Crippen molar-refractivity contribution in [3.05, 3.63) is 71.3 Å². The Kier molecular flexibility index (Phi) is 4.65. The Morgan fingerprint density at radius 1 is 1.17 bits per heavy atom. The Bertz CT molecular complexity index is 1110. The van der Waals surface area contributed by atoms with E-state index in [0.717, 1.165) is 30.5 Å². The third-order valence-corrected chi connectivity index (χ3v) is 5.61. The molecule has 154 valence electrons. The van der Waals surface area contributed by atoms with Crippen molar-refractivity contribution in [1.29, 1.82) is 0 Å². The average molecular weight is 407 g/mol. The highest BCUT2D eigenvalue weighted by atomic mass is 19.1. The fourth-order valence-corrected chi connectivity index (χ4v) is 4.15. The van der Waals surface area contributed by atoms with E-state index >= 15 is 0 Å². The number of hydrogen-bond donors (Lipinski definition) is 0. The zero-order valence-electron chi connectivity index (χ0n) is 16.7. The lowest BCUT2D eigenvalue weighted by atomic mass is 10.1. The van der Waals surface area contributed by atoms with Crippen molar-refractivity contribution in [2.75, 3.05) is 20.2 Å². The standard InChI is InChI=1S/C23H22FN3O3/c1-26(13-15-14-29-20-11-4-5-12-21(20)30-15)23(28)22-16-7-6-10-18(16)27(25-22)19-9-3-2-8-17(19)24/h2-5,8-9,11-12,15H,6-7,10,13-14H2,1H3. The molecule has 2 aromatic carbocycles. The van der Waals surface area contributed by atoms with Gasteiger partial charge in [-0.3, -0.25) is 4.79 Å².